The highest BCUT2D eigenvalue weighted by Crippen LogP contribution is 2.41. The van der Waals surface area contributed by atoms with Crippen LogP contribution in [0.25, 0.3) is 33.3 Å². The number of likely N-dealkylation sites (N-methyl/N-ethyl adjacent to an activating group) is 1. The van der Waals surface area contributed by atoms with Crippen LogP contribution in [-0.2, 0) is 54.6 Å². The van der Waals surface area contributed by atoms with Crippen LogP contribution in [0.3, 0.4) is 0 Å². The van der Waals surface area contributed by atoms with E-state index in [2.05, 4.69) is 58.5 Å². The van der Waals surface area contributed by atoms with Crippen LogP contribution in [0.5, 0.6) is 5.75 Å². The van der Waals surface area contributed by atoms with E-state index in [1.54, 1.807) is 32.5 Å². The maximum Gasteiger partial charge on any atom is 0.324 e. The zero-order chi connectivity index (χ0) is 42.9. The van der Waals surface area contributed by atoms with Gasteiger partial charge in [0.1, 0.15) is 23.9 Å². The fraction of sp³-hybridized carbons (Fsp3) is 0.500. The van der Waals surface area contributed by atoms with Gasteiger partial charge in [0.05, 0.1) is 24.8 Å². The highest BCUT2D eigenvalue weighted by Gasteiger charge is 2.39. The quantitative estimate of drug-likeness (QED) is 0.176. The normalized spacial score (nSPS) is 20.3. The van der Waals surface area contributed by atoms with Crippen molar-refractivity contribution in [3.8, 4) is 28.1 Å². The van der Waals surface area contributed by atoms with Crippen LogP contribution < -0.4 is 16.1 Å². The SMILES string of the molecule is CCn1c(-c2cnccc2COC)c2c3cc(ccc31)-c1cc(O)cc(c1)C[C@H](NC(=O)C(C(C)C)N(C)C(=O)C1CNC1)C(=O)N1CCC[C@H](N1)C(=O)OCC(C)(C)C2. The van der Waals surface area contributed by atoms with Crippen LogP contribution in [0.15, 0.2) is 54.9 Å². The standard InChI is InChI=1S/C46H59N7O7/c1-8-52-39-12-11-29-20-34(39)35(41(52)36-24-47-14-13-30(36)25-59-7)21-46(4,5)26-60-45(58)37-10-9-15-53(50-37)44(57)38(18-28-16-31(29)19-33(54)17-28)49-42(55)40(27(2)3)51(6)43(56)32-22-48-23-32/h11-14,16-17,19-20,24,27,32,37-38,40,48,50,54H,8-10,15,18,21-23,25-26H2,1-7H3,(H,49,55)/t37-,38-,40?/m0/s1. The second-order valence-electron chi connectivity index (χ2n) is 17.7. The number of fused-ring (bicyclic) bond motifs is 6. The van der Waals surface area contributed by atoms with Gasteiger partial charge >= 0.3 is 5.97 Å². The first kappa shape index (κ1) is 42.8. The maximum absolute atomic E-state index is 14.6. The number of carbonyl (C=O) groups is 4. The summed E-state index contributed by atoms with van der Waals surface area (Å²) < 4.78 is 14.0. The molecule has 3 aliphatic rings. The first-order valence-corrected chi connectivity index (χ1v) is 21.1. The van der Waals surface area contributed by atoms with Gasteiger partial charge in [-0.05, 0) is 90.3 Å². The number of hydrogen-bond acceptors (Lipinski definition) is 10. The van der Waals surface area contributed by atoms with Crippen molar-refractivity contribution in [1.29, 1.82) is 0 Å². The Morgan fingerprint density at radius 3 is 2.60 bits per heavy atom. The smallest absolute Gasteiger partial charge is 0.324 e. The first-order chi connectivity index (χ1) is 28.7. The number of nitrogens with one attached hydrogen (secondary N) is 3. The van der Waals surface area contributed by atoms with E-state index < -0.39 is 41.3 Å². The Morgan fingerprint density at radius 1 is 1.12 bits per heavy atom. The summed E-state index contributed by atoms with van der Waals surface area (Å²) in [6.07, 6.45) is 5.26. The number of aryl methyl sites for hydroxylation is 1. The van der Waals surface area contributed by atoms with E-state index in [9.17, 15) is 24.3 Å². The predicted octanol–water partition coefficient (Wildman–Crippen LogP) is 4.59. The molecule has 6 bridgehead atoms. The van der Waals surface area contributed by atoms with E-state index in [0.29, 0.717) is 57.6 Å². The highest BCUT2D eigenvalue weighted by atomic mass is 16.5. The maximum atomic E-state index is 14.6. The molecule has 3 amide bonds. The van der Waals surface area contributed by atoms with Gasteiger partial charge in [0, 0.05) is 81.0 Å². The lowest BCUT2D eigenvalue weighted by Gasteiger charge is -2.38. The van der Waals surface area contributed by atoms with Crippen LogP contribution in [0.1, 0.15) is 64.2 Å². The lowest BCUT2D eigenvalue weighted by atomic mass is 9.84. The molecule has 14 heteroatoms. The van der Waals surface area contributed by atoms with Crippen molar-refractivity contribution in [1.82, 2.24) is 35.5 Å². The van der Waals surface area contributed by atoms with Crippen molar-refractivity contribution >= 4 is 34.6 Å². The molecule has 5 heterocycles. The number of aromatic nitrogens is 2. The van der Waals surface area contributed by atoms with Gasteiger partial charge in [-0.25, -0.2) is 5.43 Å². The number of carbonyl (C=O) groups excluding carboxylic acids is 4. The van der Waals surface area contributed by atoms with Crippen LogP contribution in [0.2, 0.25) is 0 Å². The molecule has 3 aliphatic heterocycles. The van der Waals surface area contributed by atoms with Crippen molar-refractivity contribution in [3.63, 3.8) is 0 Å². The summed E-state index contributed by atoms with van der Waals surface area (Å²) in [6, 6.07) is 10.8. The molecule has 60 heavy (non-hydrogen) atoms. The molecule has 2 aromatic heterocycles. The fourth-order valence-electron chi connectivity index (χ4n) is 9.00. The lowest BCUT2D eigenvalue weighted by molar-refractivity contribution is -0.155. The monoisotopic (exact) mass is 821 g/mol. The molecule has 320 valence electrons. The third kappa shape index (κ3) is 8.77. The number of ether oxygens (including phenoxy) is 2. The van der Waals surface area contributed by atoms with Gasteiger partial charge < -0.3 is 34.7 Å². The number of esters is 1. The largest absolute Gasteiger partial charge is 0.508 e. The van der Waals surface area contributed by atoms with Crippen LogP contribution in [-0.4, -0.2) is 107 Å². The Hall–Kier alpha value is -5.31. The first-order valence-electron chi connectivity index (χ1n) is 21.1. The van der Waals surface area contributed by atoms with Gasteiger partial charge in [-0.2, -0.15) is 0 Å². The summed E-state index contributed by atoms with van der Waals surface area (Å²) in [5.74, 6) is -1.93. The Bertz CT molecular complexity index is 2260. The third-order valence-corrected chi connectivity index (χ3v) is 12.1. The number of hydrogen-bond donors (Lipinski definition) is 4. The molecule has 7 rings (SSSR count). The molecule has 1 unspecified atom stereocenters. The summed E-state index contributed by atoms with van der Waals surface area (Å²) in [6.45, 7) is 12.7. The Kier molecular flexibility index (Phi) is 12.6. The lowest BCUT2D eigenvalue weighted by Crippen LogP contribution is -2.62. The van der Waals surface area contributed by atoms with E-state index in [0.717, 1.165) is 44.4 Å². The third-order valence-electron chi connectivity index (χ3n) is 12.1. The number of benzene rings is 2. The molecule has 4 N–H and O–H groups in total. The molecular weight excluding hydrogens is 763 g/mol. The predicted molar refractivity (Wildman–Crippen MR) is 228 cm³/mol. The average molecular weight is 822 g/mol. The number of aromatic hydroxyl groups is 1. The summed E-state index contributed by atoms with van der Waals surface area (Å²) in [5, 5.41) is 19.8. The number of methoxy groups -OCH3 is 1. The van der Waals surface area contributed by atoms with E-state index >= 15 is 0 Å². The Balaban J connectivity index is 1.34. The number of hydrazine groups is 1. The summed E-state index contributed by atoms with van der Waals surface area (Å²) >= 11 is 0. The van der Waals surface area contributed by atoms with Gasteiger partial charge in [-0.3, -0.25) is 29.2 Å². The molecule has 2 saturated heterocycles. The van der Waals surface area contributed by atoms with E-state index in [4.69, 9.17) is 9.47 Å². The van der Waals surface area contributed by atoms with Crippen molar-refractivity contribution in [2.75, 3.05) is 40.4 Å². The molecule has 4 aromatic rings. The topological polar surface area (TPSA) is 167 Å². The van der Waals surface area contributed by atoms with Gasteiger partial charge in [0.15, 0.2) is 0 Å². The number of cyclic esters (lactones) is 1. The number of phenolic OH excluding ortho intramolecular Hbond substituents is 1. The molecule has 3 atom stereocenters. The summed E-state index contributed by atoms with van der Waals surface area (Å²) in [5.41, 5.74) is 9.91. The van der Waals surface area contributed by atoms with E-state index in [1.807, 2.05) is 38.2 Å². The van der Waals surface area contributed by atoms with Crippen molar-refractivity contribution in [3.05, 3.63) is 71.5 Å². The summed E-state index contributed by atoms with van der Waals surface area (Å²) in [7, 11) is 3.31. The molecule has 0 aliphatic carbocycles. The minimum atomic E-state index is -1.10. The van der Waals surface area contributed by atoms with Crippen LogP contribution in [0, 0.1) is 17.3 Å². The van der Waals surface area contributed by atoms with Gasteiger partial charge in [-0.15, -0.1) is 0 Å². The van der Waals surface area contributed by atoms with Crippen LogP contribution in [0.4, 0.5) is 0 Å². The molecule has 0 spiro atoms. The number of rotatable bonds is 9. The zero-order valence-corrected chi connectivity index (χ0v) is 35.8. The van der Waals surface area contributed by atoms with Crippen LogP contribution >= 0.6 is 0 Å². The average Bonchev–Trinajstić information content (AvgIpc) is 3.49. The number of nitrogens with zero attached hydrogens (tertiary/aromatic N) is 4. The van der Waals surface area contributed by atoms with Crippen molar-refractivity contribution in [2.45, 2.75) is 91.6 Å². The molecular formula is C46H59N7O7. The second-order valence-corrected chi connectivity index (χ2v) is 17.7. The Morgan fingerprint density at radius 2 is 1.90 bits per heavy atom. The molecule has 14 nitrogen and oxygen atoms in total. The Labute approximate surface area is 352 Å². The highest BCUT2D eigenvalue weighted by molar-refractivity contribution is 5.96. The van der Waals surface area contributed by atoms with Gasteiger partial charge in [-0.1, -0.05) is 39.8 Å². The minimum Gasteiger partial charge on any atom is -0.508 e. The van der Waals surface area contributed by atoms with E-state index in [1.165, 1.54) is 9.91 Å². The van der Waals surface area contributed by atoms with Crippen molar-refractivity contribution in [2.24, 2.45) is 17.3 Å². The second kappa shape index (κ2) is 17.7. The number of amides is 3. The van der Waals surface area contributed by atoms with Gasteiger partial charge in [0.2, 0.25) is 11.8 Å². The number of pyridine rings is 1. The molecule has 2 aromatic carbocycles. The van der Waals surface area contributed by atoms with E-state index in [-0.39, 0.29) is 36.5 Å². The zero-order valence-electron chi connectivity index (χ0n) is 35.8. The van der Waals surface area contributed by atoms with Crippen molar-refractivity contribution < 1.29 is 33.8 Å². The van der Waals surface area contributed by atoms with Gasteiger partial charge in [0.25, 0.3) is 5.91 Å². The fourth-order valence-corrected chi connectivity index (χ4v) is 9.00. The molecule has 0 radical (unpaired) electrons. The summed E-state index contributed by atoms with van der Waals surface area (Å²) in [4.78, 5) is 62.0. The number of phenols is 1. The molecule has 0 saturated carbocycles. The molecule has 2 fully saturated rings. The minimum absolute atomic E-state index is 0.0145.